The highest BCUT2D eigenvalue weighted by atomic mass is 35.5. The second-order valence-electron chi connectivity index (χ2n) is 5.70. The maximum absolute atomic E-state index is 12.2. The van der Waals surface area contributed by atoms with Crippen LogP contribution in [0.25, 0.3) is 0 Å². The lowest BCUT2D eigenvalue weighted by Crippen LogP contribution is -2.46. The Kier molecular flexibility index (Phi) is 9.65. The number of amides is 1. The van der Waals surface area contributed by atoms with Crippen LogP contribution in [0, 0.1) is 16.0 Å². The van der Waals surface area contributed by atoms with Crippen molar-refractivity contribution in [2.75, 3.05) is 6.54 Å². The number of hydrogen-bond donors (Lipinski definition) is 2. The third-order valence-electron chi connectivity index (χ3n) is 3.18. The molecule has 0 saturated carbocycles. The zero-order valence-electron chi connectivity index (χ0n) is 13.8. The molecule has 0 radical (unpaired) electrons. The number of nitrogens with zero attached hydrogens (tertiary/aromatic N) is 1. The number of carbonyl (C=O) groups is 1. The lowest BCUT2D eigenvalue weighted by Gasteiger charge is -2.21. The smallest absolute Gasteiger partial charge is 0.312 e. The molecule has 0 bridgehead atoms. The van der Waals surface area contributed by atoms with Gasteiger partial charge in [0.15, 0.2) is 11.9 Å². The number of nitrogens with one attached hydrogen (secondary N) is 1. The molecule has 9 heteroatoms. The van der Waals surface area contributed by atoms with Crippen LogP contribution in [-0.2, 0) is 4.79 Å². The van der Waals surface area contributed by atoms with Crippen LogP contribution in [0.4, 0.5) is 5.69 Å². The number of halogens is 2. The fraction of sp³-hybridized carbons (Fsp3) is 0.533. The third kappa shape index (κ3) is 6.90. The first-order valence-electron chi connectivity index (χ1n) is 7.35. The molecule has 0 aromatic heterocycles. The van der Waals surface area contributed by atoms with Crippen molar-refractivity contribution in [1.29, 1.82) is 0 Å². The Bertz CT molecular complexity index is 570. The van der Waals surface area contributed by atoms with Gasteiger partial charge in [-0.15, -0.1) is 12.4 Å². The molecule has 0 aliphatic carbocycles. The molecule has 1 rings (SSSR count). The first kappa shape index (κ1) is 22.4. The van der Waals surface area contributed by atoms with E-state index in [1.54, 1.807) is 0 Å². The summed E-state index contributed by atoms with van der Waals surface area (Å²) in [5.74, 6) is 0.0120. The Morgan fingerprint density at radius 3 is 2.54 bits per heavy atom. The van der Waals surface area contributed by atoms with Gasteiger partial charge in [0.2, 0.25) is 0 Å². The van der Waals surface area contributed by atoms with E-state index >= 15 is 0 Å². The molecule has 7 nitrogen and oxygen atoms in total. The fourth-order valence-corrected chi connectivity index (χ4v) is 2.24. The molecule has 0 heterocycles. The van der Waals surface area contributed by atoms with Crippen LogP contribution in [0.1, 0.15) is 27.2 Å². The van der Waals surface area contributed by atoms with E-state index < -0.39 is 11.0 Å². The Morgan fingerprint density at radius 1 is 1.42 bits per heavy atom. The van der Waals surface area contributed by atoms with E-state index in [0.29, 0.717) is 12.5 Å². The van der Waals surface area contributed by atoms with Gasteiger partial charge in [0.05, 0.1) is 4.92 Å². The van der Waals surface area contributed by atoms with Crippen molar-refractivity contribution in [2.24, 2.45) is 11.7 Å². The first-order valence-corrected chi connectivity index (χ1v) is 7.73. The molecule has 0 aliphatic rings. The highest BCUT2D eigenvalue weighted by molar-refractivity contribution is 6.30. The molecule has 0 spiro atoms. The molecule has 0 fully saturated rings. The number of carbonyl (C=O) groups excluding carboxylic acids is 1. The van der Waals surface area contributed by atoms with Gasteiger partial charge in [0.1, 0.15) is 0 Å². The molecule has 1 aromatic rings. The van der Waals surface area contributed by atoms with Crippen LogP contribution in [-0.4, -0.2) is 29.5 Å². The summed E-state index contributed by atoms with van der Waals surface area (Å²) in [6.07, 6.45) is -0.146. The summed E-state index contributed by atoms with van der Waals surface area (Å²) in [6.45, 7) is 5.91. The van der Waals surface area contributed by atoms with Crippen molar-refractivity contribution < 1.29 is 14.5 Å². The van der Waals surface area contributed by atoms with E-state index in [2.05, 4.69) is 5.32 Å². The van der Waals surface area contributed by atoms with E-state index in [4.69, 9.17) is 22.1 Å². The SMILES string of the molecule is CC(C)CC(CN)NC(=O)C(C)Oc1ccc(Cl)cc1[N+](=O)[O-].Cl. The van der Waals surface area contributed by atoms with Crippen LogP contribution in [0.2, 0.25) is 5.02 Å². The third-order valence-corrected chi connectivity index (χ3v) is 3.41. The predicted molar refractivity (Wildman–Crippen MR) is 95.9 cm³/mol. The van der Waals surface area contributed by atoms with Gasteiger partial charge in [0, 0.05) is 23.7 Å². The summed E-state index contributed by atoms with van der Waals surface area (Å²) in [6, 6.07) is 3.87. The van der Waals surface area contributed by atoms with Gasteiger partial charge < -0.3 is 15.8 Å². The summed E-state index contributed by atoms with van der Waals surface area (Å²) in [7, 11) is 0. The number of nitrogens with two attached hydrogens (primary N) is 1. The average Bonchev–Trinajstić information content (AvgIpc) is 2.47. The van der Waals surface area contributed by atoms with E-state index in [-0.39, 0.29) is 40.8 Å². The van der Waals surface area contributed by atoms with E-state index in [9.17, 15) is 14.9 Å². The predicted octanol–water partition coefficient (Wildman–Crippen LogP) is 2.93. The van der Waals surface area contributed by atoms with Gasteiger partial charge in [0.25, 0.3) is 5.91 Å². The van der Waals surface area contributed by atoms with E-state index in [1.807, 2.05) is 13.8 Å². The fourth-order valence-electron chi connectivity index (χ4n) is 2.08. The molecule has 3 N–H and O–H groups in total. The number of benzene rings is 1. The maximum Gasteiger partial charge on any atom is 0.312 e. The van der Waals surface area contributed by atoms with E-state index in [1.165, 1.54) is 25.1 Å². The Labute approximate surface area is 152 Å². The molecule has 0 saturated heterocycles. The summed E-state index contributed by atoms with van der Waals surface area (Å²) in [4.78, 5) is 22.6. The molecular formula is C15H23Cl2N3O4. The highest BCUT2D eigenvalue weighted by Gasteiger charge is 2.23. The topological polar surface area (TPSA) is 107 Å². The summed E-state index contributed by atoms with van der Waals surface area (Å²) >= 11 is 5.74. The second kappa shape index (κ2) is 10.3. The van der Waals surface area contributed by atoms with Crippen molar-refractivity contribution >= 4 is 35.6 Å². The number of nitro benzene ring substituents is 1. The monoisotopic (exact) mass is 379 g/mol. The normalized spacial score (nSPS) is 12.9. The Balaban J connectivity index is 0.00000529. The van der Waals surface area contributed by atoms with Crippen molar-refractivity contribution in [3.05, 3.63) is 33.3 Å². The molecular weight excluding hydrogens is 357 g/mol. The van der Waals surface area contributed by atoms with Crippen LogP contribution < -0.4 is 15.8 Å². The largest absolute Gasteiger partial charge is 0.474 e. The average molecular weight is 380 g/mol. The van der Waals surface area contributed by atoms with Gasteiger partial charge in [-0.1, -0.05) is 25.4 Å². The minimum absolute atomic E-state index is 0. The van der Waals surface area contributed by atoms with Crippen LogP contribution in [0.15, 0.2) is 18.2 Å². The lowest BCUT2D eigenvalue weighted by atomic mass is 10.0. The maximum atomic E-state index is 12.2. The van der Waals surface area contributed by atoms with Crippen molar-refractivity contribution in [3.63, 3.8) is 0 Å². The van der Waals surface area contributed by atoms with Crippen molar-refractivity contribution in [2.45, 2.75) is 39.3 Å². The van der Waals surface area contributed by atoms with Crippen LogP contribution in [0.5, 0.6) is 5.75 Å². The number of rotatable bonds is 8. The Morgan fingerprint density at radius 2 is 2.04 bits per heavy atom. The van der Waals surface area contributed by atoms with Crippen LogP contribution in [0.3, 0.4) is 0 Å². The van der Waals surface area contributed by atoms with Crippen molar-refractivity contribution in [3.8, 4) is 5.75 Å². The van der Waals surface area contributed by atoms with E-state index in [0.717, 1.165) is 6.42 Å². The van der Waals surface area contributed by atoms with Crippen molar-refractivity contribution in [1.82, 2.24) is 5.32 Å². The standard InChI is InChI=1S/C15H22ClN3O4.ClH/c1-9(2)6-12(8-17)18-15(20)10(3)23-14-5-4-11(16)7-13(14)19(21)22;/h4-5,7,9-10,12H,6,8,17H2,1-3H3,(H,18,20);1H. The molecule has 0 aliphatic heterocycles. The van der Waals surface area contributed by atoms with Gasteiger partial charge in [-0.05, 0) is 31.4 Å². The molecule has 136 valence electrons. The number of ether oxygens (including phenoxy) is 1. The summed E-state index contributed by atoms with van der Waals surface area (Å²) in [5, 5.41) is 14.0. The zero-order chi connectivity index (χ0) is 17.6. The quantitative estimate of drug-likeness (QED) is 0.533. The lowest BCUT2D eigenvalue weighted by molar-refractivity contribution is -0.386. The summed E-state index contributed by atoms with van der Waals surface area (Å²) in [5.41, 5.74) is 5.36. The Hall–Kier alpha value is -1.57. The van der Waals surface area contributed by atoms with Gasteiger partial charge in [-0.2, -0.15) is 0 Å². The molecule has 1 aromatic carbocycles. The van der Waals surface area contributed by atoms with Gasteiger partial charge in [-0.25, -0.2) is 0 Å². The molecule has 24 heavy (non-hydrogen) atoms. The molecule has 2 unspecified atom stereocenters. The zero-order valence-corrected chi connectivity index (χ0v) is 15.4. The number of hydrogen-bond acceptors (Lipinski definition) is 5. The minimum atomic E-state index is -0.893. The molecule has 2 atom stereocenters. The number of nitro groups is 1. The summed E-state index contributed by atoms with van der Waals surface area (Å²) < 4.78 is 5.42. The highest BCUT2D eigenvalue weighted by Crippen LogP contribution is 2.30. The van der Waals surface area contributed by atoms with Gasteiger partial charge >= 0.3 is 5.69 Å². The first-order chi connectivity index (χ1) is 10.7. The molecule has 1 amide bonds. The minimum Gasteiger partial charge on any atom is -0.474 e. The van der Waals surface area contributed by atoms with Crippen LogP contribution >= 0.6 is 24.0 Å². The second-order valence-corrected chi connectivity index (χ2v) is 6.14. The van der Waals surface area contributed by atoms with Gasteiger partial charge in [-0.3, -0.25) is 14.9 Å².